The lowest BCUT2D eigenvalue weighted by Crippen LogP contribution is -2.14. The summed E-state index contributed by atoms with van der Waals surface area (Å²) in [6.07, 6.45) is 0. The van der Waals surface area contributed by atoms with Gasteiger partial charge in [-0.3, -0.25) is 4.98 Å². The predicted octanol–water partition coefficient (Wildman–Crippen LogP) is 2.06. The first-order valence-corrected chi connectivity index (χ1v) is 6.15. The first-order chi connectivity index (χ1) is 8.78. The van der Waals surface area contributed by atoms with E-state index in [4.69, 9.17) is 4.74 Å². The zero-order valence-electron chi connectivity index (χ0n) is 9.51. The van der Waals surface area contributed by atoms with Crippen molar-refractivity contribution in [1.82, 2.24) is 15.0 Å². The van der Waals surface area contributed by atoms with Crippen molar-refractivity contribution in [3.63, 3.8) is 0 Å². The number of hydrogen-bond donors (Lipinski definition) is 1. The molecule has 2 heterocycles. The maximum atomic E-state index is 11.4. The monoisotopic (exact) mass is 259 g/mol. The Kier molecular flexibility index (Phi) is 2.56. The van der Waals surface area contributed by atoms with Gasteiger partial charge in [0, 0.05) is 10.3 Å². The number of rotatable bonds is 2. The van der Waals surface area contributed by atoms with Crippen molar-refractivity contribution in [2.75, 3.05) is 7.11 Å². The van der Waals surface area contributed by atoms with E-state index in [0.29, 0.717) is 5.82 Å². The Bertz CT molecular complexity index is 763. The van der Waals surface area contributed by atoms with Gasteiger partial charge in [-0.15, -0.1) is 16.3 Å². The molecular weight excluding hydrogens is 250 g/mol. The molecule has 0 amide bonds. The summed E-state index contributed by atoms with van der Waals surface area (Å²) in [4.78, 5) is 21.8. The van der Waals surface area contributed by atoms with Crippen LogP contribution >= 0.6 is 11.3 Å². The summed E-state index contributed by atoms with van der Waals surface area (Å²) in [7, 11) is 1.43. The van der Waals surface area contributed by atoms with Gasteiger partial charge in [0.25, 0.3) is 0 Å². The van der Waals surface area contributed by atoms with E-state index in [1.165, 1.54) is 7.11 Å². The van der Waals surface area contributed by atoms with Gasteiger partial charge >= 0.3 is 11.7 Å². The third-order valence-corrected chi connectivity index (χ3v) is 3.51. The van der Waals surface area contributed by atoms with Crippen LogP contribution in [0.3, 0.4) is 0 Å². The second kappa shape index (κ2) is 4.23. The maximum absolute atomic E-state index is 11.4. The second-order valence-electron chi connectivity index (χ2n) is 3.63. The van der Waals surface area contributed by atoms with Crippen molar-refractivity contribution in [1.29, 1.82) is 0 Å². The minimum atomic E-state index is -0.467. The van der Waals surface area contributed by atoms with Gasteiger partial charge in [-0.25, -0.2) is 4.79 Å². The SMILES string of the molecule is COc1nc(-c2cccc3ccsc23)[nH]c(=O)n1. The zero-order valence-corrected chi connectivity index (χ0v) is 10.3. The van der Waals surface area contributed by atoms with Gasteiger partial charge in [-0.1, -0.05) is 12.1 Å². The van der Waals surface area contributed by atoms with E-state index in [0.717, 1.165) is 15.6 Å². The molecule has 0 aliphatic carbocycles. The molecule has 0 atom stereocenters. The van der Waals surface area contributed by atoms with Gasteiger partial charge in [0.05, 0.1) is 7.11 Å². The van der Waals surface area contributed by atoms with Crippen molar-refractivity contribution in [3.05, 3.63) is 40.1 Å². The fourth-order valence-corrected chi connectivity index (χ4v) is 2.68. The van der Waals surface area contributed by atoms with Crippen LogP contribution in [0.1, 0.15) is 0 Å². The number of thiophene rings is 1. The third kappa shape index (κ3) is 1.76. The van der Waals surface area contributed by atoms with E-state index in [9.17, 15) is 4.79 Å². The summed E-state index contributed by atoms with van der Waals surface area (Å²) in [6, 6.07) is 7.96. The fourth-order valence-electron chi connectivity index (χ4n) is 1.76. The minimum Gasteiger partial charge on any atom is -0.467 e. The summed E-state index contributed by atoms with van der Waals surface area (Å²) in [5.74, 6) is 0.472. The molecular formula is C12H9N3O2S. The molecule has 0 aliphatic rings. The second-order valence-corrected chi connectivity index (χ2v) is 4.55. The lowest BCUT2D eigenvalue weighted by molar-refractivity contribution is 0.377. The van der Waals surface area contributed by atoms with Gasteiger partial charge in [-0.05, 0) is 22.9 Å². The Balaban J connectivity index is 2.28. The van der Waals surface area contributed by atoms with E-state index in [2.05, 4.69) is 15.0 Å². The molecule has 0 radical (unpaired) electrons. The Morgan fingerprint density at radius 2 is 2.17 bits per heavy atom. The number of aromatic nitrogens is 3. The van der Waals surface area contributed by atoms with Crippen molar-refractivity contribution >= 4 is 21.4 Å². The average molecular weight is 259 g/mol. The zero-order chi connectivity index (χ0) is 12.5. The Hall–Kier alpha value is -2.21. The molecule has 0 fully saturated rings. The smallest absolute Gasteiger partial charge is 0.351 e. The molecule has 0 spiro atoms. The lowest BCUT2D eigenvalue weighted by Gasteiger charge is -2.03. The quantitative estimate of drug-likeness (QED) is 0.764. The average Bonchev–Trinajstić information content (AvgIpc) is 2.85. The Labute approximate surface area is 106 Å². The summed E-state index contributed by atoms with van der Waals surface area (Å²) < 4.78 is 5.99. The van der Waals surface area contributed by atoms with Crippen molar-refractivity contribution in [2.24, 2.45) is 0 Å². The molecule has 6 heteroatoms. The number of nitrogens with zero attached hydrogens (tertiary/aromatic N) is 2. The topological polar surface area (TPSA) is 67.9 Å². The van der Waals surface area contributed by atoms with E-state index < -0.39 is 5.69 Å². The van der Waals surface area contributed by atoms with E-state index >= 15 is 0 Å². The van der Waals surface area contributed by atoms with Crippen LogP contribution in [0.4, 0.5) is 0 Å². The number of hydrogen-bond acceptors (Lipinski definition) is 5. The number of aromatic amines is 1. The molecule has 1 N–H and O–H groups in total. The molecule has 0 saturated carbocycles. The standard InChI is InChI=1S/C12H9N3O2S/c1-17-12-14-10(13-11(16)15-12)8-4-2-3-7-5-6-18-9(7)8/h2-6H,1H3,(H,13,14,15,16). The highest BCUT2D eigenvalue weighted by Crippen LogP contribution is 2.30. The first-order valence-electron chi connectivity index (χ1n) is 5.27. The van der Waals surface area contributed by atoms with Crippen LogP contribution in [0.25, 0.3) is 21.5 Å². The van der Waals surface area contributed by atoms with Gasteiger partial charge < -0.3 is 4.74 Å². The molecule has 5 nitrogen and oxygen atoms in total. The highest BCUT2D eigenvalue weighted by molar-refractivity contribution is 7.17. The third-order valence-electron chi connectivity index (χ3n) is 2.55. The van der Waals surface area contributed by atoms with Crippen LogP contribution in [0.2, 0.25) is 0 Å². The molecule has 0 aliphatic heterocycles. The summed E-state index contributed by atoms with van der Waals surface area (Å²) >= 11 is 1.60. The van der Waals surface area contributed by atoms with E-state index in [1.807, 2.05) is 29.6 Å². The molecule has 0 bridgehead atoms. The summed E-state index contributed by atoms with van der Waals surface area (Å²) in [5, 5.41) is 3.13. The number of fused-ring (bicyclic) bond motifs is 1. The Morgan fingerprint density at radius 3 is 3.00 bits per heavy atom. The minimum absolute atomic E-state index is 0.0716. The van der Waals surface area contributed by atoms with Crippen LogP contribution in [0, 0.1) is 0 Å². The maximum Gasteiger partial charge on any atom is 0.351 e. The van der Waals surface area contributed by atoms with Gasteiger partial charge in [-0.2, -0.15) is 4.98 Å². The fraction of sp³-hybridized carbons (Fsp3) is 0.0833. The lowest BCUT2D eigenvalue weighted by atomic mass is 10.1. The molecule has 0 unspecified atom stereocenters. The molecule has 0 saturated heterocycles. The number of benzene rings is 1. The molecule has 18 heavy (non-hydrogen) atoms. The first kappa shape index (κ1) is 10.9. The van der Waals surface area contributed by atoms with Crippen LogP contribution in [-0.4, -0.2) is 22.1 Å². The van der Waals surface area contributed by atoms with E-state index in [-0.39, 0.29) is 6.01 Å². The largest absolute Gasteiger partial charge is 0.467 e. The number of H-pyrrole nitrogens is 1. The van der Waals surface area contributed by atoms with Crippen LogP contribution in [-0.2, 0) is 0 Å². The van der Waals surface area contributed by atoms with Gasteiger partial charge in [0.1, 0.15) is 5.82 Å². The normalized spacial score (nSPS) is 10.7. The number of methoxy groups -OCH3 is 1. The molecule has 1 aromatic carbocycles. The van der Waals surface area contributed by atoms with Gasteiger partial charge in [0.15, 0.2) is 0 Å². The van der Waals surface area contributed by atoms with Crippen molar-refractivity contribution < 1.29 is 4.74 Å². The van der Waals surface area contributed by atoms with Crippen LogP contribution < -0.4 is 10.4 Å². The van der Waals surface area contributed by atoms with Crippen molar-refractivity contribution in [3.8, 4) is 17.4 Å². The van der Waals surface area contributed by atoms with Crippen molar-refractivity contribution in [2.45, 2.75) is 0 Å². The summed E-state index contributed by atoms with van der Waals surface area (Å²) in [6.45, 7) is 0. The molecule has 2 aromatic heterocycles. The predicted molar refractivity (Wildman–Crippen MR) is 70.0 cm³/mol. The molecule has 3 aromatic rings. The van der Waals surface area contributed by atoms with Crippen LogP contribution in [0.5, 0.6) is 6.01 Å². The van der Waals surface area contributed by atoms with Gasteiger partial charge in [0.2, 0.25) is 0 Å². The highest BCUT2D eigenvalue weighted by atomic mass is 32.1. The van der Waals surface area contributed by atoms with Crippen LogP contribution in [0.15, 0.2) is 34.4 Å². The number of ether oxygens (including phenoxy) is 1. The summed E-state index contributed by atoms with van der Waals surface area (Å²) in [5.41, 5.74) is 0.408. The molecule has 90 valence electrons. The highest BCUT2D eigenvalue weighted by Gasteiger charge is 2.09. The molecule has 3 rings (SSSR count). The van der Waals surface area contributed by atoms with E-state index in [1.54, 1.807) is 11.3 Å². The Morgan fingerprint density at radius 1 is 1.28 bits per heavy atom. The number of nitrogens with one attached hydrogen (secondary N) is 1.